The fraction of sp³-hybridized carbons (Fsp3) is 0.423. The van der Waals surface area contributed by atoms with Crippen molar-refractivity contribution < 1.29 is 17.9 Å². The number of rotatable bonds is 6. The Labute approximate surface area is 205 Å². The van der Waals surface area contributed by atoms with Crippen LogP contribution in [-0.2, 0) is 14.8 Å². The van der Waals surface area contributed by atoms with Crippen molar-refractivity contribution in [1.82, 2.24) is 4.57 Å². The molecule has 9 heteroatoms. The second-order valence-electron chi connectivity index (χ2n) is 9.96. The molecule has 2 heterocycles. The topological polar surface area (TPSA) is 107 Å². The van der Waals surface area contributed by atoms with E-state index in [1.165, 1.54) is 4.31 Å². The van der Waals surface area contributed by atoms with E-state index in [0.29, 0.717) is 35.6 Å². The minimum atomic E-state index is -3.20. The summed E-state index contributed by atoms with van der Waals surface area (Å²) in [5.74, 6) is 0.677. The highest BCUT2D eigenvalue weighted by atomic mass is 32.2. The number of fused-ring (bicyclic) bond motifs is 1. The van der Waals surface area contributed by atoms with Gasteiger partial charge in [0.25, 0.3) is 0 Å². The quantitative estimate of drug-likeness (QED) is 0.495. The van der Waals surface area contributed by atoms with Gasteiger partial charge in [0.15, 0.2) is 0 Å². The Kier molecular flexibility index (Phi) is 5.21. The van der Waals surface area contributed by atoms with E-state index in [1.807, 2.05) is 49.4 Å². The first-order valence-corrected chi connectivity index (χ1v) is 13.9. The summed E-state index contributed by atoms with van der Waals surface area (Å²) < 4.78 is 33.6. The minimum Gasteiger partial charge on any atom is -0.446 e. The van der Waals surface area contributed by atoms with Crippen LogP contribution in [0.15, 0.2) is 42.5 Å². The lowest BCUT2D eigenvalue weighted by molar-refractivity contribution is 0.108. The second kappa shape index (κ2) is 8.19. The number of aromatic nitrogens is 1. The predicted molar refractivity (Wildman–Crippen MR) is 138 cm³/mol. The van der Waals surface area contributed by atoms with Gasteiger partial charge in [-0.1, -0.05) is 12.1 Å². The number of benzene rings is 2. The number of hydrogen-bond acceptors (Lipinski definition) is 5. The van der Waals surface area contributed by atoms with Gasteiger partial charge in [-0.3, -0.25) is 9.62 Å². The van der Waals surface area contributed by atoms with Crippen molar-refractivity contribution in [2.24, 2.45) is 5.92 Å². The van der Waals surface area contributed by atoms with Gasteiger partial charge in [0.1, 0.15) is 6.10 Å². The highest BCUT2D eigenvalue weighted by molar-refractivity contribution is 7.94. The molecule has 35 heavy (non-hydrogen) atoms. The number of anilines is 3. The minimum absolute atomic E-state index is 0.0663. The third-order valence-electron chi connectivity index (χ3n) is 7.63. The van der Waals surface area contributed by atoms with Crippen LogP contribution in [0.5, 0.6) is 0 Å². The molecule has 2 aromatic carbocycles. The Morgan fingerprint density at radius 3 is 2.43 bits per heavy atom. The molecule has 1 amide bonds. The number of carbonyl (C=O) groups is 1. The first-order valence-electron chi connectivity index (χ1n) is 12.3. The van der Waals surface area contributed by atoms with Crippen LogP contribution >= 0.6 is 0 Å². The number of sulfonamides is 1. The molecule has 0 radical (unpaired) electrons. The number of carbonyl (C=O) groups excluding carboxylic acids is 1. The summed E-state index contributed by atoms with van der Waals surface area (Å²) in [7, 11) is -3.20. The summed E-state index contributed by atoms with van der Waals surface area (Å²) in [6.45, 7) is 2.45. The maximum absolute atomic E-state index is 12.2. The second-order valence-corrected chi connectivity index (χ2v) is 12.0. The van der Waals surface area contributed by atoms with Gasteiger partial charge in [0.05, 0.1) is 28.3 Å². The van der Waals surface area contributed by atoms with E-state index in [-0.39, 0.29) is 11.9 Å². The molecular weight excluding hydrogens is 464 g/mol. The largest absolute Gasteiger partial charge is 0.446 e. The van der Waals surface area contributed by atoms with Gasteiger partial charge in [0.2, 0.25) is 10.0 Å². The average Bonchev–Trinajstić information content (AvgIpc) is 3.59. The highest BCUT2D eigenvalue weighted by Gasteiger charge is 2.34. The lowest BCUT2D eigenvalue weighted by Gasteiger charge is -2.33. The van der Waals surface area contributed by atoms with Crippen LogP contribution in [0.3, 0.4) is 0 Å². The number of hydrogen-bond donors (Lipinski definition) is 2. The molecule has 1 aromatic heterocycles. The van der Waals surface area contributed by atoms with Crippen LogP contribution in [0, 0.1) is 5.92 Å². The highest BCUT2D eigenvalue weighted by Crippen LogP contribution is 2.45. The zero-order valence-corrected chi connectivity index (χ0v) is 20.6. The van der Waals surface area contributed by atoms with Crippen LogP contribution < -0.4 is 15.4 Å². The predicted octanol–water partition coefficient (Wildman–Crippen LogP) is 5.11. The zero-order valence-electron chi connectivity index (χ0n) is 19.7. The van der Waals surface area contributed by atoms with E-state index in [9.17, 15) is 13.2 Å². The molecule has 3 aromatic rings. The van der Waals surface area contributed by atoms with E-state index < -0.39 is 16.1 Å². The number of nitrogens with zero attached hydrogens (tertiary/aromatic N) is 2. The van der Waals surface area contributed by atoms with Crippen molar-refractivity contribution in [3.63, 3.8) is 0 Å². The Morgan fingerprint density at radius 2 is 1.86 bits per heavy atom. The third-order valence-corrected chi connectivity index (χ3v) is 9.39. The molecule has 3 fully saturated rings. The fourth-order valence-electron chi connectivity index (χ4n) is 5.11. The van der Waals surface area contributed by atoms with Gasteiger partial charge < -0.3 is 15.0 Å². The van der Waals surface area contributed by atoms with E-state index in [1.54, 1.807) is 0 Å². The van der Waals surface area contributed by atoms with E-state index in [0.717, 1.165) is 54.3 Å². The summed E-state index contributed by atoms with van der Waals surface area (Å²) in [6, 6.07) is 13.7. The van der Waals surface area contributed by atoms with E-state index in [4.69, 9.17) is 10.5 Å². The fourth-order valence-corrected chi connectivity index (χ4v) is 6.21. The Morgan fingerprint density at radius 1 is 1.11 bits per heavy atom. The molecule has 0 spiro atoms. The summed E-state index contributed by atoms with van der Waals surface area (Å²) >= 11 is 0. The molecule has 0 bridgehead atoms. The molecule has 1 saturated heterocycles. The van der Waals surface area contributed by atoms with Crippen LogP contribution in [-0.4, -0.2) is 37.5 Å². The van der Waals surface area contributed by atoms with Crippen molar-refractivity contribution in [3.8, 4) is 11.3 Å². The molecule has 0 unspecified atom stereocenters. The normalized spacial score (nSPS) is 20.2. The van der Waals surface area contributed by atoms with Gasteiger partial charge in [-0.15, -0.1) is 0 Å². The number of nitrogens with two attached hydrogens (primary N) is 1. The smallest absolute Gasteiger partial charge is 0.411 e. The van der Waals surface area contributed by atoms with Gasteiger partial charge >= 0.3 is 6.09 Å². The Balaban J connectivity index is 1.33. The van der Waals surface area contributed by atoms with Gasteiger partial charge in [0, 0.05) is 29.2 Å². The van der Waals surface area contributed by atoms with E-state index >= 15 is 0 Å². The van der Waals surface area contributed by atoms with E-state index in [2.05, 4.69) is 9.88 Å². The standard InChI is InChI=1S/C26H30N4O4S/c1-16(17-5-6-17)34-26(31)28-19-9-7-18(8-10-19)25-24(27)22-12-11-21(29-13-14-35(29,32)33)15-23(22)30(25)20-3-2-4-20/h7-12,15-17,20H,2-6,13-14,27H2,1H3,(H,28,31)/t16-/m1/s1. The number of amides is 1. The maximum Gasteiger partial charge on any atom is 0.411 e. The molecule has 1 atom stereocenters. The molecule has 184 valence electrons. The van der Waals surface area contributed by atoms with Crippen molar-refractivity contribution in [2.75, 3.05) is 27.7 Å². The number of ether oxygens (including phenoxy) is 1. The lowest BCUT2D eigenvalue weighted by Crippen LogP contribution is -2.47. The molecule has 3 N–H and O–H groups in total. The number of nitrogen functional groups attached to an aromatic ring is 1. The summed E-state index contributed by atoms with van der Waals surface area (Å²) in [5.41, 5.74) is 11.6. The van der Waals surface area contributed by atoms with Gasteiger partial charge in [-0.2, -0.15) is 0 Å². The zero-order chi connectivity index (χ0) is 24.3. The summed E-state index contributed by atoms with van der Waals surface area (Å²) in [5, 5.41) is 3.74. The monoisotopic (exact) mass is 494 g/mol. The molecule has 6 rings (SSSR count). The first kappa shape index (κ1) is 22.3. The molecular formula is C26H30N4O4S. The maximum atomic E-state index is 12.2. The van der Waals surface area contributed by atoms with Crippen molar-refractivity contribution in [1.29, 1.82) is 0 Å². The van der Waals surface area contributed by atoms with Crippen molar-refractivity contribution in [2.45, 2.75) is 51.2 Å². The summed E-state index contributed by atoms with van der Waals surface area (Å²) in [6.07, 6.45) is 5.02. The average molecular weight is 495 g/mol. The first-order chi connectivity index (χ1) is 16.8. The Bertz CT molecular complexity index is 1410. The lowest BCUT2D eigenvalue weighted by atomic mass is 9.92. The van der Waals surface area contributed by atoms with Crippen LogP contribution in [0.2, 0.25) is 0 Å². The van der Waals surface area contributed by atoms with Crippen molar-refractivity contribution in [3.05, 3.63) is 42.5 Å². The van der Waals surface area contributed by atoms with Crippen LogP contribution in [0.4, 0.5) is 21.9 Å². The SMILES string of the molecule is C[C@@H](OC(=O)Nc1ccc(-c2c(N)c3ccc(N4CCS4(=O)=O)cc3n2C2CCC2)cc1)C1CC1. The van der Waals surface area contributed by atoms with Crippen LogP contribution in [0.25, 0.3) is 22.2 Å². The summed E-state index contributed by atoms with van der Waals surface area (Å²) in [4.78, 5) is 12.2. The van der Waals surface area contributed by atoms with Crippen molar-refractivity contribution >= 4 is 44.1 Å². The molecule has 2 aliphatic carbocycles. The van der Waals surface area contributed by atoms with Gasteiger partial charge in [-0.25, -0.2) is 13.2 Å². The molecule has 3 aliphatic rings. The molecule has 8 nitrogen and oxygen atoms in total. The molecule has 2 saturated carbocycles. The van der Waals surface area contributed by atoms with Gasteiger partial charge in [-0.05, 0) is 75.3 Å². The molecule has 1 aliphatic heterocycles. The Hall–Kier alpha value is -3.20. The van der Waals surface area contributed by atoms with Crippen LogP contribution in [0.1, 0.15) is 45.1 Å². The number of nitrogens with one attached hydrogen (secondary N) is 1. The third kappa shape index (κ3) is 3.91.